The van der Waals surface area contributed by atoms with E-state index in [4.69, 9.17) is 5.73 Å². The average Bonchev–Trinajstić information content (AvgIpc) is 2.43. The van der Waals surface area contributed by atoms with E-state index in [2.05, 4.69) is 27.2 Å². The maximum absolute atomic E-state index is 5.97. The zero-order valence-electron chi connectivity index (χ0n) is 12.0. The third-order valence-electron chi connectivity index (χ3n) is 3.18. The van der Waals surface area contributed by atoms with Gasteiger partial charge < -0.3 is 11.1 Å². The molecule has 0 fully saturated rings. The fraction of sp³-hybridized carbons (Fsp3) is 0.786. The van der Waals surface area contributed by atoms with Crippen molar-refractivity contribution in [2.45, 2.75) is 70.9 Å². The van der Waals surface area contributed by atoms with E-state index in [1.165, 1.54) is 57.6 Å². The van der Waals surface area contributed by atoms with E-state index in [1.54, 1.807) is 0 Å². The van der Waals surface area contributed by atoms with E-state index in [-0.39, 0.29) is 6.17 Å². The Morgan fingerprint density at radius 2 is 1.58 bits per heavy atom. The number of rotatable bonds is 11. The molecule has 108 valence electrons. The van der Waals surface area contributed by atoms with Gasteiger partial charge in [0.25, 0.3) is 0 Å². The van der Waals surface area contributed by atoms with Crippen LogP contribution in [0.15, 0.2) is 12.7 Å². The van der Waals surface area contributed by atoms with Crippen molar-refractivity contribution in [2.24, 2.45) is 5.73 Å². The number of unbranched alkanes of at least 4 members (excludes halogenated alkanes) is 7. The zero-order chi connectivity index (χ0) is 13.8. The molecule has 3 N–H and O–H groups in total. The first-order valence-corrected chi connectivity index (χ1v) is 7.47. The molecular formula is C14H27N5. The average molecular weight is 265 g/mol. The third-order valence-corrected chi connectivity index (χ3v) is 3.18. The van der Waals surface area contributed by atoms with E-state index in [9.17, 15) is 0 Å². The van der Waals surface area contributed by atoms with Crippen LogP contribution in [0.2, 0.25) is 0 Å². The van der Waals surface area contributed by atoms with Gasteiger partial charge >= 0.3 is 0 Å². The van der Waals surface area contributed by atoms with Crippen LogP contribution in [0.4, 0.5) is 5.95 Å². The van der Waals surface area contributed by atoms with Crippen LogP contribution >= 0.6 is 0 Å². The van der Waals surface area contributed by atoms with E-state index in [0.29, 0.717) is 5.95 Å². The monoisotopic (exact) mass is 265 g/mol. The minimum atomic E-state index is -0.0671. The van der Waals surface area contributed by atoms with Crippen molar-refractivity contribution in [2.75, 3.05) is 5.32 Å². The fourth-order valence-electron chi connectivity index (χ4n) is 2.05. The second kappa shape index (κ2) is 10.7. The Bertz CT molecular complexity index is 304. The van der Waals surface area contributed by atoms with Crippen molar-refractivity contribution in [3.63, 3.8) is 0 Å². The molecule has 5 heteroatoms. The normalized spacial score (nSPS) is 12.3. The standard InChI is InChI=1S/C14H27N5/c1-2-3-4-5-6-7-8-9-10-13(15)19-14-17-11-16-12-18-14/h11-13H,2-10,15H2,1H3,(H,16,17,18,19). The molecule has 1 heterocycles. The Hall–Kier alpha value is -1.23. The Morgan fingerprint density at radius 3 is 2.21 bits per heavy atom. The predicted octanol–water partition coefficient (Wildman–Crippen LogP) is 3.10. The smallest absolute Gasteiger partial charge is 0.226 e. The van der Waals surface area contributed by atoms with E-state index < -0.39 is 0 Å². The fourth-order valence-corrected chi connectivity index (χ4v) is 2.05. The largest absolute Gasteiger partial charge is 0.339 e. The van der Waals surface area contributed by atoms with Crippen molar-refractivity contribution in [1.82, 2.24) is 15.0 Å². The molecule has 0 amide bonds. The molecule has 0 aliphatic heterocycles. The molecule has 1 aromatic heterocycles. The molecule has 1 rings (SSSR count). The van der Waals surface area contributed by atoms with Crippen LogP contribution < -0.4 is 11.1 Å². The molecule has 5 nitrogen and oxygen atoms in total. The Balaban J connectivity index is 1.94. The van der Waals surface area contributed by atoms with Crippen LogP contribution in [0.1, 0.15) is 64.7 Å². The van der Waals surface area contributed by atoms with Crippen LogP contribution in [-0.4, -0.2) is 21.1 Å². The zero-order valence-corrected chi connectivity index (χ0v) is 12.0. The quantitative estimate of drug-likeness (QED) is 0.475. The van der Waals surface area contributed by atoms with Crippen molar-refractivity contribution >= 4 is 5.95 Å². The highest BCUT2D eigenvalue weighted by atomic mass is 15.2. The van der Waals surface area contributed by atoms with E-state index in [1.807, 2.05) is 0 Å². The maximum atomic E-state index is 5.97. The minimum absolute atomic E-state index is 0.0671. The van der Waals surface area contributed by atoms with Crippen LogP contribution in [0.3, 0.4) is 0 Å². The molecule has 0 bridgehead atoms. The van der Waals surface area contributed by atoms with Crippen molar-refractivity contribution in [3.8, 4) is 0 Å². The number of nitrogens with one attached hydrogen (secondary N) is 1. The van der Waals surface area contributed by atoms with Gasteiger partial charge in [0, 0.05) is 0 Å². The first kappa shape index (κ1) is 15.8. The van der Waals surface area contributed by atoms with E-state index >= 15 is 0 Å². The SMILES string of the molecule is CCCCCCCCCCC(N)Nc1ncncn1. The van der Waals surface area contributed by atoms with Crippen molar-refractivity contribution in [1.29, 1.82) is 0 Å². The lowest BCUT2D eigenvalue weighted by atomic mass is 10.1. The second-order valence-electron chi connectivity index (χ2n) is 4.98. The lowest BCUT2D eigenvalue weighted by Crippen LogP contribution is -2.30. The molecule has 0 aliphatic rings. The summed E-state index contributed by atoms with van der Waals surface area (Å²) in [5.74, 6) is 0.557. The summed E-state index contributed by atoms with van der Waals surface area (Å²) in [4.78, 5) is 11.7. The number of aromatic nitrogens is 3. The number of hydrogen-bond donors (Lipinski definition) is 2. The summed E-state index contributed by atoms with van der Waals surface area (Å²) >= 11 is 0. The lowest BCUT2D eigenvalue weighted by molar-refractivity contribution is 0.544. The maximum Gasteiger partial charge on any atom is 0.226 e. The van der Waals surface area contributed by atoms with Crippen molar-refractivity contribution in [3.05, 3.63) is 12.7 Å². The van der Waals surface area contributed by atoms with Crippen molar-refractivity contribution < 1.29 is 0 Å². The molecule has 0 aliphatic carbocycles. The summed E-state index contributed by atoms with van der Waals surface area (Å²) in [6.07, 6.45) is 14.4. The van der Waals surface area contributed by atoms with Gasteiger partial charge in [-0.25, -0.2) is 15.0 Å². The summed E-state index contributed by atoms with van der Waals surface area (Å²) in [7, 11) is 0. The molecule has 0 saturated carbocycles. The number of anilines is 1. The van der Waals surface area contributed by atoms with Gasteiger partial charge in [0.1, 0.15) is 12.7 Å². The molecule has 0 spiro atoms. The van der Waals surface area contributed by atoms with Gasteiger partial charge in [-0.15, -0.1) is 0 Å². The van der Waals surface area contributed by atoms with Gasteiger partial charge in [-0.05, 0) is 6.42 Å². The van der Waals surface area contributed by atoms with Gasteiger partial charge in [-0.3, -0.25) is 0 Å². The summed E-state index contributed by atoms with van der Waals surface area (Å²) < 4.78 is 0. The molecule has 1 atom stereocenters. The molecule has 19 heavy (non-hydrogen) atoms. The second-order valence-corrected chi connectivity index (χ2v) is 4.98. The number of nitrogens with two attached hydrogens (primary N) is 1. The highest BCUT2D eigenvalue weighted by molar-refractivity contribution is 5.21. The first-order chi connectivity index (χ1) is 9.33. The Labute approximate surface area is 116 Å². The van der Waals surface area contributed by atoms with Gasteiger partial charge in [-0.2, -0.15) is 0 Å². The molecule has 0 aromatic carbocycles. The van der Waals surface area contributed by atoms with Gasteiger partial charge in [-0.1, -0.05) is 58.3 Å². The number of nitrogens with zero attached hydrogens (tertiary/aromatic N) is 3. The summed E-state index contributed by atoms with van der Waals surface area (Å²) in [5.41, 5.74) is 5.97. The minimum Gasteiger partial charge on any atom is -0.339 e. The lowest BCUT2D eigenvalue weighted by Gasteiger charge is -2.12. The molecule has 0 saturated heterocycles. The number of hydrogen-bond acceptors (Lipinski definition) is 5. The molecular weight excluding hydrogens is 238 g/mol. The molecule has 0 radical (unpaired) electrons. The van der Waals surface area contributed by atoms with Gasteiger partial charge in [0.15, 0.2) is 0 Å². The van der Waals surface area contributed by atoms with Crippen LogP contribution in [0.5, 0.6) is 0 Å². The highest BCUT2D eigenvalue weighted by Crippen LogP contribution is 2.10. The first-order valence-electron chi connectivity index (χ1n) is 7.47. The predicted molar refractivity (Wildman–Crippen MR) is 78.7 cm³/mol. The Morgan fingerprint density at radius 1 is 1.00 bits per heavy atom. The summed E-state index contributed by atoms with van der Waals surface area (Å²) in [6.45, 7) is 2.25. The topological polar surface area (TPSA) is 76.7 Å². The highest BCUT2D eigenvalue weighted by Gasteiger charge is 2.03. The van der Waals surface area contributed by atoms with Gasteiger partial charge in [0.05, 0.1) is 6.17 Å². The van der Waals surface area contributed by atoms with Crippen LogP contribution in [0.25, 0.3) is 0 Å². The van der Waals surface area contributed by atoms with Gasteiger partial charge in [0.2, 0.25) is 5.95 Å². The van der Waals surface area contributed by atoms with E-state index in [0.717, 1.165) is 12.8 Å². The molecule has 1 unspecified atom stereocenters. The Kier molecular flexibility index (Phi) is 8.89. The molecule has 1 aromatic rings. The van der Waals surface area contributed by atoms with Crippen LogP contribution in [-0.2, 0) is 0 Å². The third kappa shape index (κ3) is 8.48. The summed E-state index contributed by atoms with van der Waals surface area (Å²) in [6, 6.07) is 0. The summed E-state index contributed by atoms with van der Waals surface area (Å²) in [5, 5.41) is 3.08. The van der Waals surface area contributed by atoms with Crippen LogP contribution in [0, 0.1) is 0 Å².